The number of nitrogen functional groups attached to an aromatic ring is 1. The van der Waals surface area contributed by atoms with Crippen molar-refractivity contribution in [3.05, 3.63) is 23.8 Å². The van der Waals surface area contributed by atoms with Crippen molar-refractivity contribution >= 4 is 23.3 Å². The number of carbonyl (C=O) groups excluding carboxylic acids is 1. The Morgan fingerprint density at radius 3 is 3.00 bits per heavy atom. The van der Waals surface area contributed by atoms with Gasteiger partial charge >= 0.3 is 0 Å². The fraction of sp³-hybridized carbons (Fsp3) is 0.111. The van der Waals surface area contributed by atoms with Crippen LogP contribution < -0.4 is 5.73 Å². The third-order valence-corrected chi connectivity index (χ3v) is 2.08. The number of carbonyl (C=O) groups is 1. The molecule has 66 valence electrons. The number of hydrogen-bond acceptors (Lipinski definition) is 3. The summed E-state index contributed by atoms with van der Waals surface area (Å²) in [6.45, 7) is 0. The van der Waals surface area contributed by atoms with E-state index in [9.17, 15) is 4.79 Å². The molecule has 0 unspecified atom stereocenters. The summed E-state index contributed by atoms with van der Waals surface area (Å²) in [7, 11) is 1.82. The number of nitrogens with two attached hydrogens (primary N) is 1. The van der Waals surface area contributed by atoms with Crippen LogP contribution in [0.15, 0.2) is 18.2 Å². The summed E-state index contributed by atoms with van der Waals surface area (Å²) in [4.78, 5) is 14.6. The maximum atomic E-state index is 10.5. The third-order valence-electron chi connectivity index (χ3n) is 2.08. The predicted molar refractivity (Wildman–Crippen MR) is 50.5 cm³/mol. The molecule has 1 aromatic heterocycles. The standard InChI is InChI=1S/C9H9N3O/c1-12-8-4-6(5-13)2-3-7(8)11-9(12)10/h2-5H,1H3,(H2,10,11). The van der Waals surface area contributed by atoms with E-state index in [4.69, 9.17) is 5.73 Å². The molecule has 4 nitrogen and oxygen atoms in total. The second-order valence-electron chi connectivity index (χ2n) is 2.90. The van der Waals surface area contributed by atoms with E-state index in [2.05, 4.69) is 4.98 Å². The molecule has 4 heteroatoms. The summed E-state index contributed by atoms with van der Waals surface area (Å²) < 4.78 is 1.75. The molecule has 0 radical (unpaired) electrons. The SMILES string of the molecule is Cn1c(N)nc2ccc(C=O)cc21. The molecule has 2 rings (SSSR count). The first-order chi connectivity index (χ1) is 6.22. The molecule has 1 aromatic carbocycles. The second kappa shape index (κ2) is 2.58. The molecule has 0 amide bonds. The zero-order valence-electron chi connectivity index (χ0n) is 7.19. The Balaban J connectivity index is 2.81. The van der Waals surface area contributed by atoms with E-state index in [1.807, 2.05) is 7.05 Å². The molecule has 0 bridgehead atoms. The van der Waals surface area contributed by atoms with Gasteiger partial charge in [-0.15, -0.1) is 0 Å². The van der Waals surface area contributed by atoms with Crippen molar-refractivity contribution < 1.29 is 4.79 Å². The molecule has 13 heavy (non-hydrogen) atoms. The fourth-order valence-corrected chi connectivity index (χ4v) is 1.30. The van der Waals surface area contributed by atoms with Gasteiger partial charge in [0.05, 0.1) is 11.0 Å². The lowest BCUT2D eigenvalue weighted by molar-refractivity contribution is 0.112. The van der Waals surface area contributed by atoms with Gasteiger partial charge in [0.1, 0.15) is 6.29 Å². The maximum Gasteiger partial charge on any atom is 0.200 e. The number of hydrogen-bond donors (Lipinski definition) is 1. The van der Waals surface area contributed by atoms with Gasteiger partial charge in [0.25, 0.3) is 0 Å². The lowest BCUT2D eigenvalue weighted by Crippen LogP contribution is -1.96. The zero-order valence-corrected chi connectivity index (χ0v) is 7.19. The van der Waals surface area contributed by atoms with E-state index in [-0.39, 0.29) is 0 Å². The van der Waals surface area contributed by atoms with Gasteiger partial charge in [-0.3, -0.25) is 4.79 Å². The number of nitrogens with zero attached hydrogens (tertiary/aromatic N) is 2. The zero-order chi connectivity index (χ0) is 9.42. The summed E-state index contributed by atoms with van der Waals surface area (Å²) in [6.07, 6.45) is 0.808. The highest BCUT2D eigenvalue weighted by Gasteiger charge is 2.04. The monoisotopic (exact) mass is 175 g/mol. The van der Waals surface area contributed by atoms with E-state index in [1.54, 1.807) is 22.8 Å². The van der Waals surface area contributed by atoms with Gasteiger partial charge in [-0.2, -0.15) is 0 Å². The Bertz CT molecular complexity index is 473. The van der Waals surface area contributed by atoms with Crippen LogP contribution in [0.1, 0.15) is 10.4 Å². The molecule has 0 aliphatic carbocycles. The van der Waals surface area contributed by atoms with Crippen LogP contribution in [0.5, 0.6) is 0 Å². The van der Waals surface area contributed by atoms with E-state index in [1.165, 1.54) is 0 Å². The molecule has 0 fully saturated rings. The second-order valence-corrected chi connectivity index (χ2v) is 2.90. The van der Waals surface area contributed by atoms with Crippen LogP contribution in [0, 0.1) is 0 Å². The summed E-state index contributed by atoms with van der Waals surface area (Å²) in [6, 6.07) is 5.28. The molecular formula is C9H9N3O. The van der Waals surface area contributed by atoms with Gasteiger partial charge < -0.3 is 10.3 Å². The Morgan fingerprint density at radius 1 is 1.54 bits per heavy atom. The molecule has 0 saturated heterocycles. The largest absolute Gasteiger partial charge is 0.369 e. The topological polar surface area (TPSA) is 60.9 Å². The van der Waals surface area contributed by atoms with Crippen LogP contribution in [0.4, 0.5) is 5.95 Å². The third kappa shape index (κ3) is 1.07. The molecule has 2 N–H and O–H groups in total. The first-order valence-corrected chi connectivity index (χ1v) is 3.89. The van der Waals surface area contributed by atoms with Crippen molar-refractivity contribution in [1.29, 1.82) is 0 Å². The summed E-state index contributed by atoms with van der Waals surface area (Å²) in [5.41, 5.74) is 7.93. The first-order valence-electron chi connectivity index (χ1n) is 3.89. The lowest BCUT2D eigenvalue weighted by Gasteiger charge is -1.95. The number of aryl methyl sites for hydroxylation is 1. The van der Waals surface area contributed by atoms with E-state index < -0.39 is 0 Å². The highest BCUT2D eigenvalue weighted by molar-refractivity contribution is 5.86. The van der Waals surface area contributed by atoms with Crippen LogP contribution >= 0.6 is 0 Å². The first kappa shape index (κ1) is 7.79. The average Bonchev–Trinajstić information content (AvgIpc) is 2.43. The smallest absolute Gasteiger partial charge is 0.200 e. The van der Waals surface area contributed by atoms with Gasteiger partial charge in [-0.1, -0.05) is 0 Å². The minimum atomic E-state index is 0.457. The fourth-order valence-electron chi connectivity index (χ4n) is 1.30. The number of aromatic nitrogens is 2. The van der Waals surface area contributed by atoms with Crippen LogP contribution in [0.25, 0.3) is 11.0 Å². The molecule has 0 aliphatic rings. The van der Waals surface area contributed by atoms with Crippen LogP contribution in [-0.4, -0.2) is 15.8 Å². The van der Waals surface area contributed by atoms with Crippen molar-refractivity contribution in [1.82, 2.24) is 9.55 Å². The molecule has 0 saturated carbocycles. The van der Waals surface area contributed by atoms with Crippen LogP contribution in [0.2, 0.25) is 0 Å². The molecule has 2 aromatic rings. The highest BCUT2D eigenvalue weighted by Crippen LogP contribution is 2.16. The highest BCUT2D eigenvalue weighted by atomic mass is 16.1. The average molecular weight is 175 g/mol. The van der Waals surface area contributed by atoms with E-state index >= 15 is 0 Å². The Labute approximate surface area is 75.0 Å². The quantitative estimate of drug-likeness (QED) is 0.657. The predicted octanol–water partition coefficient (Wildman–Crippen LogP) is 0.968. The molecule has 0 atom stereocenters. The summed E-state index contributed by atoms with van der Waals surface area (Å²) >= 11 is 0. The maximum absolute atomic E-state index is 10.5. The van der Waals surface area contributed by atoms with E-state index in [0.717, 1.165) is 17.3 Å². The minimum Gasteiger partial charge on any atom is -0.369 e. The van der Waals surface area contributed by atoms with Gasteiger partial charge in [0.2, 0.25) is 5.95 Å². The number of aldehydes is 1. The number of rotatable bonds is 1. The molecule has 1 heterocycles. The van der Waals surface area contributed by atoms with Crippen LogP contribution in [0.3, 0.4) is 0 Å². The van der Waals surface area contributed by atoms with Crippen molar-refractivity contribution in [3.63, 3.8) is 0 Å². The minimum absolute atomic E-state index is 0.457. The lowest BCUT2D eigenvalue weighted by atomic mass is 10.2. The van der Waals surface area contributed by atoms with Gasteiger partial charge in [0, 0.05) is 12.6 Å². The van der Waals surface area contributed by atoms with E-state index in [0.29, 0.717) is 11.5 Å². The summed E-state index contributed by atoms with van der Waals surface area (Å²) in [5, 5.41) is 0. The number of imidazole rings is 1. The van der Waals surface area contributed by atoms with Crippen molar-refractivity contribution in [3.8, 4) is 0 Å². The Morgan fingerprint density at radius 2 is 2.31 bits per heavy atom. The van der Waals surface area contributed by atoms with Crippen molar-refractivity contribution in [2.24, 2.45) is 7.05 Å². The summed E-state index contributed by atoms with van der Waals surface area (Å²) in [5.74, 6) is 0.457. The molecule has 0 spiro atoms. The van der Waals surface area contributed by atoms with Gasteiger partial charge in [0.15, 0.2) is 0 Å². The van der Waals surface area contributed by atoms with Crippen LogP contribution in [-0.2, 0) is 7.05 Å². The Hall–Kier alpha value is -1.84. The normalized spacial score (nSPS) is 10.5. The molecular weight excluding hydrogens is 166 g/mol. The Kier molecular flexibility index (Phi) is 1.55. The van der Waals surface area contributed by atoms with Gasteiger partial charge in [-0.25, -0.2) is 4.98 Å². The molecule has 0 aliphatic heterocycles. The van der Waals surface area contributed by atoms with Crippen molar-refractivity contribution in [2.75, 3.05) is 5.73 Å². The van der Waals surface area contributed by atoms with Crippen molar-refractivity contribution in [2.45, 2.75) is 0 Å². The number of benzene rings is 1. The number of anilines is 1. The number of fused-ring (bicyclic) bond motifs is 1. The van der Waals surface area contributed by atoms with Gasteiger partial charge in [-0.05, 0) is 18.2 Å².